The Balaban J connectivity index is 2.41. The quantitative estimate of drug-likeness (QED) is 0.477. The van der Waals surface area contributed by atoms with E-state index in [1.165, 1.54) is 0 Å². The van der Waals surface area contributed by atoms with Crippen LogP contribution >= 0.6 is 0 Å². The summed E-state index contributed by atoms with van der Waals surface area (Å²) in [6.45, 7) is 1.77. The summed E-state index contributed by atoms with van der Waals surface area (Å²) in [4.78, 5) is 0. The van der Waals surface area contributed by atoms with E-state index in [2.05, 4.69) is 0 Å². The van der Waals surface area contributed by atoms with Gasteiger partial charge in [-0.1, -0.05) is 13.3 Å². The molecular formula is C7H12F2. The van der Waals surface area contributed by atoms with Crippen LogP contribution in [-0.2, 0) is 0 Å². The van der Waals surface area contributed by atoms with Crippen LogP contribution in [0, 0.1) is 5.92 Å². The Morgan fingerprint density at radius 2 is 1.89 bits per heavy atom. The van der Waals surface area contributed by atoms with Gasteiger partial charge in [-0.3, -0.25) is 0 Å². The van der Waals surface area contributed by atoms with Gasteiger partial charge in [-0.2, -0.15) is 0 Å². The summed E-state index contributed by atoms with van der Waals surface area (Å²) in [5.74, 6) is -0.0613. The highest BCUT2D eigenvalue weighted by Gasteiger charge is 2.29. The molecule has 0 spiro atoms. The Bertz CT molecular complexity index is 82.9. The van der Waals surface area contributed by atoms with Crippen molar-refractivity contribution >= 4 is 0 Å². The van der Waals surface area contributed by atoms with E-state index in [9.17, 15) is 8.78 Å². The van der Waals surface area contributed by atoms with Crippen molar-refractivity contribution in [2.75, 3.05) is 0 Å². The molecule has 0 N–H and O–H groups in total. The lowest BCUT2D eigenvalue weighted by atomic mass is 9.88. The van der Waals surface area contributed by atoms with Crippen LogP contribution in [0.15, 0.2) is 0 Å². The Hall–Kier alpha value is -0.140. The molecule has 0 amide bonds. The third kappa shape index (κ3) is 1.41. The molecule has 0 nitrogen and oxygen atoms in total. The van der Waals surface area contributed by atoms with Gasteiger partial charge in [0.15, 0.2) is 0 Å². The van der Waals surface area contributed by atoms with Crippen LogP contribution < -0.4 is 0 Å². The van der Waals surface area contributed by atoms with Gasteiger partial charge in [0.1, 0.15) is 12.3 Å². The largest absolute Gasteiger partial charge is 0.244 e. The van der Waals surface area contributed by atoms with Crippen molar-refractivity contribution in [3.8, 4) is 0 Å². The second-order valence-electron chi connectivity index (χ2n) is 2.87. The van der Waals surface area contributed by atoms with E-state index in [4.69, 9.17) is 0 Å². The molecule has 0 aromatic carbocycles. The fraction of sp³-hybridized carbons (Fsp3) is 1.00. The van der Waals surface area contributed by atoms with Gasteiger partial charge < -0.3 is 0 Å². The molecule has 1 saturated carbocycles. The van der Waals surface area contributed by atoms with Crippen LogP contribution in [-0.4, -0.2) is 12.3 Å². The van der Waals surface area contributed by atoms with Crippen molar-refractivity contribution in [2.45, 2.75) is 38.5 Å². The van der Waals surface area contributed by atoms with Gasteiger partial charge in [0.2, 0.25) is 0 Å². The summed E-state index contributed by atoms with van der Waals surface area (Å²) in [7, 11) is 0. The van der Waals surface area contributed by atoms with Crippen molar-refractivity contribution < 1.29 is 8.78 Å². The predicted molar refractivity (Wildman–Crippen MR) is 32.8 cm³/mol. The van der Waals surface area contributed by atoms with Crippen LogP contribution in [0.1, 0.15) is 26.2 Å². The van der Waals surface area contributed by atoms with Gasteiger partial charge in [-0.05, 0) is 18.8 Å². The Morgan fingerprint density at radius 3 is 2.33 bits per heavy atom. The predicted octanol–water partition coefficient (Wildman–Crippen LogP) is 2.48. The topological polar surface area (TPSA) is 0 Å². The van der Waals surface area contributed by atoms with Gasteiger partial charge in [0, 0.05) is 0 Å². The molecule has 0 radical (unpaired) electrons. The van der Waals surface area contributed by atoms with Crippen molar-refractivity contribution in [3.63, 3.8) is 0 Å². The van der Waals surface area contributed by atoms with Crippen molar-refractivity contribution in [2.24, 2.45) is 5.92 Å². The minimum Gasteiger partial charge on any atom is -0.244 e. The van der Waals surface area contributed by atoms with E-state index < -0.39 is 12.3 Å². The smallest absolute Gasteiger partial charge is 0.134 e. The monoisotopic (exact) mass is 134 g/mol. The summed E-state index contributed by atoms with van der Waals surface area (Å²) in [6.07, 6.45) is -0.261. The average molecular weight is 134 g/mol. The highest BCUT2D eigenvalue weighted by atomic mass is 19.2. The zero-order valence-corrected chi connectivity index (χ0v) is 5.61. The van der Waals surface area contributed by atoms with Gasteiger partial charge in [0.25, 0.3) is 0 Å². The second kappa shape index (κ2) is 2.63. The summed E-state index contributed by atoms with van der Waals surface area (Å²) in [5, 5.41) is 0. The van der Waals surface area contributed by atoms with Crippen molar-refractivity contribution in [3.05, 3.63) is 0 Å². The maximum absolute atomic E-state index is 12.6. The van der Waals surface area contributed by atoms with E-state index in [1.807, 2.05) is 0 Å². The lowest BCUT2D eigenvalue weighted by Crippen LogP contribution is -2.29. The number of hydrogen-bond acceptors (Lipinski definition) is 0. The van der Waals surface area contributed by atoms with E-state index in [-0.39, 0.29) is 5.92 Å². The lowest BCUT2D eigenvalue weighted by molar-refractivity contribution is 0.0752. The fourth-order valence-corrected chi connectivity index (χ4v) is 1.31. The minimum atomic E-state index is -1.20. The van der Waals surface area contributed by atoms with Gasteiger partial charge >= 0.3 is 0 Å². The van der Waals surface area contributed by atoms with Crippen molar-refractivity contribution in [1.29, 1.82) is 0 Å². The van der Waals surface area contributed by atoms with Gasteiger partial charge in [-0.25, -0.2) is 8.78 Å². The van der Waals surface area contributed by atoms with Gasteiger partial charge in [0.05, 0.1) is 0 Å². The second-order valence-corrected chi connectivity index (χ2v) is 2.87. The maximum atomic E-state index is 12.6. The third-order valence-electron chi connectivity index (χ3n) is 2.03. The molecule has 2 heteroatoms. The van der Waals surface area contributed by atoms with E-state index >= 15 is 0 Å². The molecule has 0 heterocycles. The van der Waals surface area contributed by atoms with E-state index in [1.54, 1.807) is 6.92 Å². The summed E-state index contributed by atoms with van der Waals surface area (Å²) in [5.41, 5.74) is 0. The fourth-order valence-electron chi connectivity index (χ4n) is 1.31. The lowest BCUT2D eigenvalue weighted by Gasteiger charge is -2.25. The molecular weight excluding hydrogens is 122 g/mol. The summed E-state index contributed by atoms with van der Waals surface area (Å²) >= 11 is 0. The van der Waals surface area contributed by atoms with Crippen LogP contribution in [0.3, 0.4) is 0 Å². The standard InChI is InChI=1S/C7H12F2/c1-5-3-2-4-6(8)7(5)9/h5-7H,2-4H2,1H3. The number of halogens is 2. The molecule has 9 heavy (non-hydrogen) atoms. The molecule has 0 aliphatic heterocycles. The molecule has 3 atom stereocenters. The first-order valence-corrected chi connectivity index (χ1v) is 3.50. The Kier molecular flexibility index (Phi) is 2.04. The van der Waals surface area contributed by atoms with Crippen LogP contribution in [0.4, 0.5) is 8.78 Å². The number of hydrogen-bond donors (Lipinski definition) is 0. The molecule has 1 aliphatic carbocycles. The zero-order valence-electron chi connectivity index (χ0n) is 5.61. The molecule has 0 aromatic rings. The minimum absolute atomic E-state index is 0.0613. The zero-order chi connectivity index (χ0) is 6.85. The van der Waals surface area contributed by atoms with E-state index in [0.29, 0.717) is 6.42 Å². The first-order chi connectivity index (χ1) is 4.22. The summed E-state index contributed by atoms with van der Waals surface area (Å²) < 4.78 is 25.0. The Labute approximate surface area is 54.3 Å². The molecule has 1 rings (SSSR count). The molecule has 0 aromatic heterocycles. The van der Waals surface area contributed by atoms with E-state index in [0.717, 1.165) is 12.8 Å². The highest BCUT2D eigenvalue weighted by molar-refractivity contribution is 4.78. The first-order valence-electron chi connectivity index (χ1n) is 3.50. The van der Waals surface area contributed by atoms with Crippen LogP contribution in [0.25, 0.3) is 0 Å². The SMILES string of the molecule is CC1CCCC(F)C1F. The molecule has 54 valence electrons. The molecule has 1 fully saturated rings. The van der Waals surface area contributed by atoms with Crippen molar-refractivity contribution in [1.82, 2.24) is 0 Å². The molecule has 0 saturated heterocycles. The first kappa shape index (κ1) is 6.97. The third-order valence-corrected chi connectivity index (χ3v) is 2.03. The number of rotatable bonds is 0. The van der Waals surface area contributed by atoms with Crippen LogP contribution in [0.2, 0.25) is 0 Å². The summed E-state index contributed by atoms with van der Waals surface area (Å²) in [6, 6.07) is 0. The Morgan fingerprint density at radius 1 is 1.22 bits per heavy atom. The van der Waals surface area contributed by atoms with Crippen LogP contribution in [0.5, 0.6) is 0 Å². The number of alkyl halides is 2. The molecule has 0 bridgehead atoms. The average Bonchev–Trinajstić information content (AvgIpc) is 1.83. The highest BCUT2D eigenvalue weighted by Crippen LogP contribution is 2.28. The normalized spacial score (nSPS) is 45.0. The molecule has 1 aliphatic rings. The molecule has 3 unspecified atom stereocenters. The maximum Gasteiger partial charge on any atom is 0.134 e. The van der Waals surface area contributed by atoms with Gasteiger partial charge in [-0.15, -0.1) is 0 Å².